The van der Waals surface area contributed by atoms with Crippen molar-refractivity contribution in [1.82, 2.24) is 9.97 Å². The normalized spacial score (nSPS) is 10.6. The molecule has 4 aromatic carbocycles. The second-order valence-corrected chi connectivity index (χ2v) is 9.12. The molecular weight excluding hydrogens is 523 g/mol. The van der Waals surface area contributed by atoms with E-state index in [9.17, 15) is 9.90 Å². The molecule has 8 heteroatoms. The Morgan fingerprint density at radius 2 is 1.54 bits per heavy atom. The zero-order valence-electron chi connectivity index (χ0n) is 21.5. The van der Waals surface area contributed by atoms with Gasteiger partial charge in [-0.05, 0) is 47.9 Å². The van der Waals surface area contributed by atoms with Crippen LogP contribution in [0.4, 0.5) is 0 Å². The van der Waals surface area contributed by atoms with Gasteiger partial charge in [0.15, 0.2) is 5.82 Å². The number of aliphatic carboxylic acids is 1. The van der Waals surface area contributed by atoms with Crippen LogP contribution in [0.2, 0.25) is 5.02 Å². The predicted molar refractivity (Wildman–Crippen MR) is 146 cm³/mol. The van der Waals surface area contributed by atoms with Gasteiger partial charge < -0.3 is 19.4 Å². The number of carbonyl (C=O) groups is 1. The molecule has 39 heavy (non-hydrogen) atoms. The molecule has 0 bridgehead atoms. The summed E-state index contributed by atoms with van der Waals surface area (Å²) in [6.07, 6.45) is 0.373. The van der Waals surface area contributed by atoms with Crippen LogP contribution in [0.25, 0.3) is 33.4 Å². The maximum atomic E-state index is 10.6. The standard InChI is InChI=1S/C31H25ClN2O4.Na/c32-27-10-5-4-9-25(27)20-38-29-19-28(21-7-2-1-3-8-21)33-31(34-29)24-13-12-23-18-26(15-14-22(23)17-24)37-16-6-11-30(35)36;/h1-5,7-10,12-15,17-19H,6,11,16,20H2,(H,35,36);/q;+1/p-1. The number of nitrogens with zero attached hydrogens (tertiary/aromatic N) is 2. The van der Waals surface area contributed by atoms with Gasteiger partial charge in [0.1, 0.15) is 12.4 Å². The molecule has 1 heterocycles. The van der Waals surface area contributed by atoms with Crippen LogP contribution in [0, 0.1) is 0 Å². The summed E-state index contributed by atoms with van der Waals surface area (Å²) >= 11 is 6.31. The van der Waals surface area contributed by atoms with E-state index in [1.807, 2.05) is 97.1 Å². The predicted octanol–water partition coefficient (Wildman–Crippen LogP) is 3.11. The molecule has 0 atom stereocenters. The van der Waals surface area contributed by atoms with Crippen molar-refractivity contribution in [2.75, 3.05) is 6.61 Å². The van der Waals surface area contributed by atoms with Crippen molar-refractivity contribution < 1.29 is 48.9 Å². The Labute approximate surface area is 253 Å². The fourth-order valence-electron chi connectivity index (χ4n) is 4.01. The van der Waals surface area contributed by atoms with E-state index in [4.69, 9.17) is 31.0 Å². The molecule has 0 amide bonds. The van der Waals surface area contributed by atoms with Crippen LogP contribution < -0.4 is 44.1 Å². The Hall–Kier alpha value is -3.42. The smallest absolute Gasteiger partial charge is 0.550 e. The average Bonchev–Trinajstić information content (AvgIpc) is 2.95. The summed E-state index contributed by atoms with van der Waals surface area (Å²) in [6, 6.07) is 31.0. The Kier molecular flexibility index (Phi) is 9.96. The molecular formula is C31H24ClN2NaO4. The van der Waals surface area contributed by atoms with E-state index in [0.717, 1.165) is 33.2 Å². The Morgan fingerprint density at radius 1 is 0.795 bits per heavy atom. The van der Waals surface area contributed by atoms with Gasteiger partial charge in [-0.1, -0.05) is 78.3 Å². The first-order valence-corrected chi connectivity index (χ1v) is 12.6. The molecule has 0 aliphatic carbocycles. The van der Waals surface area contributed by atoms with Crippen molar-refractivity contribution in [2.24, 2.45) is 0 Å². The number of rotatable bonds is 10. The number of carboxylic acid groups (broad SMARTS) is 1. The van der Waals surface area contributed by atoms with Gasteiger partial charge in [-0.2, -0.15) is 4.98 Å². The number of hydrogen-bond acceptors (Lipinski definition) is 6. The van der Waals surface area contributed by atoms with Crippen LogP contribution in [0.5, 0.6) is 11.6 Å². The number of fused-ring (bicyclic) bond motifs is 1. The molecule has 0 radical (unpaired) electrons. The fraction of sp³-hybridized carbons (Fsp3) is 0.129. The Bertz CT molecular complexity index is 1580. The number of halogens is 1. The van der Waals surface area contributed by atoms with Crippen molar-refractivity contribution in [3.8, 4) is 34.3 Å². The van der Waals surface area contributed by atoms with E-state index in [2.05, 4.69) is 0 Å². The SMILES string of the molecule is O=C([O-])CCCOc1ccc2cc(-c3nc(OCc4ccccc4Cl)cc(-c4ccccc4)n3)ccc2c1.[Na+]. The summed E-state index contributed by atoms with van der Waals surface area (Å²) < 4.78 is 11.8. The molecule has 0 spiro atoms. The summed E-state index contributed by atoms with van der Waals surface area (Å²) in [5.41, 5.74) is 3.43. The molecule has 0 aliphatic rings. The molecule has 6 nitrogen and oxygen atoms in total. The maximum absolute atomic E-state index is 10.6. The Morgan fingerprint density at radius 3 is 2.33 bits per heavy atom. The van der Waals surface area contributed by atoms with Gasteiger partial charge >= 0.3 is 29.6 Å². The van der Waals surface area contributed by atoms with Crippen LogP contribution in [0.3, 0.4) is 0 Å². The molecule has 0 unspecified atom stereocenters. The topological polar surface area (TPSA) is 84.4 Å². The van der Waals surface area contributed by atoms with Gasteiger partial charge in [-0.3, -0.25) is 0 Å². The van der Waals surface area contributed by atoms with Crippen molar-refractivity contribution in [2.45, 2.75) is 19.4 Å². The number of aromatic nitrogens is 2. The second-order valence-electron chi connectivity index (χ2n) is 8.71. The van der Waals surface area contributed by atoms with Gasteiger partial charge in [-0.25, -0.2) is 4.98 Å². The van der Waals surface area contributed by atoms with Gasteiger partial charge in [0.05, 0.1) is 12.3 Å². The third kappa shape index (κ3) is 7.58. The molecule has 190 valence electrons. The van der Waals surface area contributed by atoms with Gasteiger partial charge in [-0.15, -0.1) is 0 Å². The second kappa shape index (κ2) is 13.6. The average molecular weight is 547 g/mol. The summed E-state index contributed by atoms with van der Waals surface area (Å²) in [4.78, 5) is 20.1. The van der Waals surface area contributed by atoms with Crippen molar-refractivity contribution in [1.29, 1.82) is 0 Å². The number of hydrogen-bond donors (Lipinski definition) is 0. The number of carbonyl (C=O) groups excluding carboxylic acids is 1. The molecule has 0 saturated carbocycles. The summed E-state index contributed by atoms with van der Waals surface area (Å²) in [5.74, 6) is 0.607. The molecule has 5 rings (SSSR count). The van der Waals surface area contributed by atoms with E-state index < -0.39 is 5.97 Å². The molecule has 5 aromatic rings. The van der Waals surface area contributed by atoms with Gasteiger partial charge in [0.2, 0.25) is 5.88 Å². The zero-order chi connectivity index (χ0) is 26.3. The molecule has 0 saturated heterocycles. The third-order valence-corrected chi connectivity index (χ3v) is 6.34. The van der Waals surface area contributed by atoms with E-state index >= 15 is 0 Å². The van der Waals surface area contributed by atoms with Crippen LogP contribution in [-0.2, 0) is 11.4 Å². The number of benzene rings is 4. The first kappa shape index (κ1) is 28.6. The van der Waals surface area contributed by atoms with Crippen LogP contribution in [0.1, 0.15) is 18.4 Å². The first-order chi connectivity index (χ1) is 18.5. The number of carboxylic acids is 1. The summed E-state index contributed by atoms with van der Waals surface area (Å²) in [6.45, 7) is 0.600. The van der Waals surface area contributed by atoms with E-state index in [1.54, 1.807) is 0 Å². The third-order valence-electron chi connectivity index (χ3n) is 5.97. The Balaban J connectivity index is 0.00000353. The minimum Gasteiger partial charge on any atom is -0.550 e. The molecule has 0 fully saturated rings. The van der Waals surface area contributed by atoms with E-state index in [-0.39, 0.29) is 42.6 Å². The van der Waals surface area contributed by atoms with Crippen LogP contribution >= 0.6 is 11.6 Å². The van der Waals surface area contributed by atoms with E-state index in [0.29, 0.717) is 35.5 Å². The molecule has 1 aromatic heterocycles. The van der Waals surface area contributed by atoms with E-state index in [1.165, 1.54) is 0 Å². The monoisotopic (exact) mass is 546 g/mol. The zero-order valence-corrected chi connectivity index (χ0v) is 24.2. The molecule has 0 aliphatic heterocycles. The van der Waals surface area contributed by atoms with Gasteiger partial charge in [0, 0.05) is 33.7 Å². The summed E-state index contributed by atoms with van der Waals surface area (Å²) in [7, 11) is 0. The van der Waals surface area contributed by atoms with Crippen LogP contribution in [-0.4, -0.2) is 22.5 Å². The molecule has 0 N–H and O–H groups in total. The number of ether oxygens (including phenoxy) is 2. The quantitative estimate of drug-likeness (QED) is 0.198. The first-order valence-electron chi connectivity index (χ1n) is 12.2. The summed E-state index contributed by atoms with van der Waals surface area (Å²) in [5, 5.41) is 13.2. The maximum Gasteiger partial charge on any atom is 1.00 e. The van der Waals surface area contributed by atoms with Crippen molar-refractivity contribution in [3.63, 3.8) is 0 Å². The van der Waals surface area contributed by atoms with Gasteiger partial charge in [0.25, 0.3) is 0 Å². The van der Waals surface area contributed by atoms with Crippen molar-refractivity contribution >= 4 is 28.3 Å². The van der Waals surface area contributed by atoms with Crippen molar-refractivity contribution in [3.05, 3.63) is 108 Å². The fourth-order valence-corrected chi connectivity index (χ4v) is 4.20. The minimum atomic E-state index is -1.07. The van der Waals surface area contributed by atoms with Crippen LogP contribution in [0.15, 0.2) is 97.1 Å². The largest absolute Gasteiger partial charge is 1.00 e. The minimum absolute atomic E-state index is 0.